The van der Waals surface area contributed by atoms with Crippen molar-refractivity contribution in [2.75, 3.05) is 6.26 Å². The molecule has 0 radical (unpaired) electrons. The van der Waals surface area contributed by atoms with E-state index >= 15 is 0 Å². The van der Waals surface area contributed by atoms with Gasteiger partial charge in [0, 0.05) is 19.4 Å². The van der Waals surface area contributed by atoms with Gasteiger partial charge in [0.05, 0.1) is 11.7 Å². The first-order chi connectivity index (χ1) is 7.30. The Balaban J connectivity index is 3.04. The Bertz CT molecular complexity index is 498. The van der Waals surface area contributed by atoms with E-state index in [2.05, 4.69) is 15.3 Å². The van der Waals surface area contributed by atoms with Crippen LogP contribution >= 0.6 is 0 Å². The lowest BCUT2D eigenvalue weighted by atomic mass is 10.2. The van der Waals surface area contributed by atoms with Gasteiger partial charge in [0.15, 0.2) is 0 Å². The van der Waals surface area contributed by atoms with E-state index in [4.69, 9.17) is 0 Å². The number of carbonyl (C=O) groups excluding carboxylic acids is 1. The molecule has 0 aliphatic heterocycles. The Morgan fingerprint density at radius 1 is 1.50 bits per heavy atom. The largest absolute Gasteiger partial charge is 0.348 e. The standard InChI is InChI=1S/C9H13N3O3S/c1-6(11-7(2)13)8-4-5-10-9(12-8)16(3,14)15/h4-6H,1-3H3,(H,11,13). The fourth-order valence-corrected chi connectivity index (χ4v) is 1.68. The molecule has 7 heteroatoms. The quantitative estimate of drug-likeness (QED) is 0.759. The molecule has 1 aromatic heterocycles. The molecule has 0 saturated heterocycles. The van der Waals surface area contributed by atoms with Crippen LogP contribution in [0.1, 0.15) is 25.6 Å². The van der Waals surface area contributed by atoms with E-state index in [1.807, 2.05) is 0 Å². The van der Waals surface area contributed by atoms with Gasteiger partial charge in [0.1, 0.15) is 0 Å². The summed E-state index contributed by atoms with van der Waals surface area (Å²) in [7, 11) is -3.42. The number of nitrogens with one attached hydrogen (secondary N) is 1. The van der Waals surface area contributed by atoms with Crippen LogP contribution in [0.3, 0.4) is 0 Å². The molecule has 1 rings (SSSR count). The number of hydrogen-bond acceptors (Lipinski definition) is 5. The van der Waals surface area contributed by atoms with Crippen LogP contribution in [-0.4, -0.2) is 30.5 Å². The van der Waals surface area contributed by atoms with Crippen molar-refractivity contribution in [2.45, 2.75) is 25.0 Å². The second-order valence-corrected chi connectivity index (χ2v) is 5.37. The summed E-state index contributed by atoms with van der Waals surface area (Å²) in [5.41, 5.74) is 0.464. The van der Waals surface area contributed by atoms with E-state index in [-0.39, 0.29) is 17.1 Å². The van der Waals surface area contributed by atoms with E-state index in [9.17, 15) is 13.2 Å². The molecule has 1 amide bonds. The summed E-state index contributed by atoms with van der Waals surface area (Å²) in [6.45, 7) is 3.10. The van der Waals surface area contributed by atoms with E-state index in [1.165, 1.54) is 13.1 Å². The molecular weight excluding hydrogens is 230 g/mol. The zero-order chi connectivity index (χ0) is 12.3. The summed E-state index contributed by atoms with van der Waals surface area (Å²) in [4.78, 5) is 18.4. The lowest BCUT2D eigenvalue weighted by molar-refractivity contribution is -0.119. The Morgan fingerprint density at radius 2 is 2.12 bits per heavy atom. The monoisotopic (exact) mass is 243 g/mol. The fraction of sp³-hybridized carbons (Fsp3) is 0.444. The predicted molar refractivity (Wildman–Crippen MR) is 57.4 cm³/mol. The lowest BCUT2D eigenvalue weighted by Crippen LogP contribution is -2.24. The number of carbonyl (C=O) groups is 1. The molecule has 0 fully saturated rings. The molecule has 0 bridgehead atoms. The van der Waals surface area contributed by atoms with Gasteiger partial charge in [0.2, 0.25) is 20.9 Å². The molecule has 1 heterocycles. The zero-order valence-corrected chi connectivity index (χ0v) is 10.1. The van der Waals surface area contributed by atoms with Crippen molar-refractivity contribution in [2.24, 2.45) is 0 Å². The fourth-order valence-electron chi connectivity index (χ4n) is 1.15. The van der Waals surface area contributed by atoms with E-state index < -0.39 is 9.84 Å². The number of amides is 1. The van der Waals surface area contributed by atoms with Crippen molar-refractivity contribution in [1.29, 1.82) is 0 Å². The number of sulfone groups is 1. The first-order valence-corrected chi connectivity index (χ1v) is 6.50. The average molecular weight is 243 g/mol. The van der Waals surface area contributed by atoms with Crippen LogP contribution in [0.5, 0.6) is 0 Å². The van der Waals surface area contributed by atoms with Crippen LogP contribution in [0, 0.1) is 0 Å². The molecular formula is C9H13N3O3S. The second-order valence-electron chi connectivity index (χ2n) is 3.46. The summed E-state index contributed by atoms with van der Waals surface area (Å²) in [6.07, 6.45) is 2.40. The van der Waals surface area contributed by atoms with Crippen LogP contribution in [0.2, 0.25) is 0 Å². The Kier molecular flexibility index (Phi) is 3.58. The SMILES string of the molecule is CC(=O)NC(C)c1ccnc(S(C)(=O)=O)n1. The van der Waals surface area contributed by atoms with Gasteiger partial charge in [-0.25, -0.2) is 18.4 Å². The van der Waals surface area contributed by atoms with Gasteiger partial charge in [-0.1, -0.05) is 0 Å². The van der Waals surface area contributed by atoms with E-state index in [0.717, 1.165) is 6.26 Å². The predicted octanol–water partition coefficient (Wildman–Crippen LogP) is 0.0772. The topological polar surface area (TPSA) is 89.0 Å². The number of hydrogen-bond donors (Lipinski definition) is 1. The van der Waals surface area contributed by atoms with Gasteiger partial charge in [-0.3, -0.25) is 4.79 Å². The highest BCUT2D eigenvalue weighted by atomic mass is 32.2. The number of nitrogens with zero attached hydrogens (tertiary/aromatic N) is 2. The molecule has 0 spiro atoms. The van der Waals surface area contributed by atoms with Crippen molar-refractivity contribution in [3.8, 4) is 0 Å². The van der Waals surface area contributed by atoms with Crippen molar-refractivity contribution < 1.29 is 13.2 Å². The van der Waals surface area contributed by atoms with Gasteiger partial charge >= 0.3 is 0 Å². The normalized spacial score (nSPS) is 13.2. The van der Waals surface area contributed by atoms with E-state index in [1.54, 1.807) is 13.0 Å². The zero-order valence-electron chi connectivity index (χ0n) is 9.26. The van der Waals surface area contributed by atoms with Crippen molar-refractivity contribution in [3.63, 3.8) is 0 Å². The van der Waals surface area contributed by atoms with Gasteiger partial charge in [0.25, 0.3) is 0 Å². The van der Waals surface area contributed by atoms with Crippen LogP contribution in [0.25, 0.3) is 0 Å². The smallest absolute Gasteiger partial charge is 0.247 e. The van der Waals surface area contributed by atoms with Gasteiger partial charge in [-0.2, -0.15) is 0 Å². The first-order valence-electron chi connectivity index (χ1n) is 4.61. The molecule has 16 heavy (non-hydrogen) atoms. The van der Waals surface area contributed by atoms with Crippen LogP contribution in [0.4, 0.5) is 0 Å². The highest BCUT2D eigenvalue weighted by Gasteiger charge is 2.14. The van der Waals surface area contributed by atoms with Crippen molar-refractivity contribution in [1.82, 2.24) is 15.3 Å². The summed E-state index contributed by atoms with van der Waals surface area (Å²) in [6, 6.07) is 1.22. The molecule has 88 valence electrons. The third kappa shape index (κ3) is 3.27. The van der Waals surface area contributed by atoms with Crippen LogP contribution in [-0.2, 0) is 14.6 Å². The van der Waals surface area contributed by atoms with Gasteiger partial charge < -0.3 is 5.32 Å². The maximum Gasteiger partial charge on any atom is 0.247 e. The molecule has 6 nitrogen and oxygen atoms in total. The summed E-state index contributed by atoms with van der Waals surface area (Å²) >= 11 is 0. The summed E-state index contributed by atoms with van der Waals surface area (Å²) in [5, 5.41) is 2.38. The maximum absolute atomic E-state index is 11.2. The van der Waals surface area contributed by atoms with Crippen molar-refractivity contribution >= 4 is 15.7 Å². The average Bonchev–Trinajstić information content (AvgIpc) is 2.15. The molecule has 1 aromatic rings. The molecule has 1 N–H and O–H groups in total. The Hall–Kier alpha value is -1.50. The van der Waals surface area contributed by atoms with Gasteiger partial charge in [-0.05, 0) is 13.0 Å². The molecule has 1 unspecified atom stereocenters. The lowest BCUT2D eigenvalue weighted by Gasteiger charge is -2.11. The van der Waals surface area contributed by atoms with Crippen LogP contribution < -0.4 is 5.32 Å². The number of aromatic nitrogens is 2. The van der Waals surface area contributed by atoms with Crippen molar-refractivity contribution in [3.05, 3.63) is 18.0 Å². The molecule has 1 atom stereocenters. The minimum absolute atomic E-state index is 0.202. The van der Waals surface area contributed by atoms with E-state index in [0.29, 0.717) is 5.69 Å². The van der Waals surface area contributed by atoms with Gasteiger partial charge in [-0.15, -0.1) is 0 Å². The summed E-state index contributed by atoms with van der Waals surface area (Å²) in [5.74, 6) is -0.202. The molecule has 0 aromatic carbocycles. The molecule has 0 aliphatic carbocycles. The Morgan fingerprint density at radius 3 is 2.62 bits per heavy atom. The molecule has 0 saturated carbocycles. The first kappa shape index (κ1) is 12.6. The number of rotatable bonds is 3. The maximum atomic E-state index is 11.2. The molecule has 0 aliphatic rings. The van der Waals surface area contributed by atoms with Crippen LogP contribution in [0.15, 0.2) is 17.4 Å². The Labute approximate surface area is 94.0 Å². The minimum atomic E-state index is -3.42. The minimum Gasteiger partial charge on any atom is -0.348 e. The third-order valence-electron chi connectivity index (χ3n) is 1.85. The second kappa shape index (κ2) is 4.56. The highest BCUT2D eigenvalue weighted by Crippen LogP contribution is 2.10. The highest BCUT2D eigenvalue weighted by molar-refractivity contribution is 7.90. The summed E-state index contributed by atoms with van der Waals surface area (Å²) < 4.78 is 22.4. The third-order valence-corrected chi connectivity index (χ3v) is 2.71.